The number of nitrogens with zero attached hydrogens (tertiary/aromatic N) is 1. The molecule has 3 heteroatoms. The highest BCUT2D eigenvalue weighted by Crippen LogP contribution is 2.46. The van der Waals surface area contributed by atoms with E-state index in [0.29, 0.717) is 33.7 Å². The zero-order valence-corrected chi connectivity index (χ0v) is 28.4. The quantitative estimate of drug-likeness (QED) is 0.181. The maximum Gasteiger partial charge on any atom is 0.143 e. The second-order valence-corrected chi connectivity index (χ2v) is 13.3. The highest BCUT2D eigenvalue weighted by Gasteiger charge is 2.21. The summed E-state index contributed by atoms with van der Waals surface area (Å²) < 4.78 is 51.6. The van der Waals surface area contributed by atoms with Gasteiger partial charge in [-0.1, -0.05) is 139 Å². The summed E-state index contributed by atoms with van der Waals surface area (Å²) in [6.07, 6.45) is 0. The molecule has 0 spiro atoms. The van der Waals surface area contributed by atoms with Gasteiger partial charge in [-0.05, 0) is 81.3 Å². The van der Waals surface area contributed by atoms with Crippen LogP contribution in [0.1, 0.15) is 5.48 Å². The van der Waals surface area contributed by atoms with Crippen molar-refractivity contribution in [3.05, 3.63) is 188 Å². The zero-order valence-electron chi connectivity index (χ0n) is 32.4. The topological polar surface area (TPSA) is 29.5 Å². The molecule has 0 N–H and O–H groups in total. The molecule has 0 radical (unpaired) electrons. The van der Waals surface area contributed by atoms with Crippen LogP contribution >= 0.6 is 0 Å². The molecule has 11 rings (SSSR count). The zero-order chi connectivity index (χ0) is 38.4. The summed E-state index contributed by atoms with van der Waals surface area (Å²) >= 11 is 0. The third kappa shape index (κ3) is 4.68. The van der Waals surface area contributed by atoms with E-state index in [4.69, 9.17) is 8.83 Å². The van der Waals surface area contributed by atoms with Crippen molar-refractivity contribution in [1.82, 2.24) is 0 Å². The van der Waals surface area contributed by atoms with Crippen LogP contribution in [0.25, 0.3) is 87.7 Å². The Morgan fingerprint density at radius 1 is 0.396 bits per heavy atom. The van der Waals surface area contributed by atoms with Gasteiger partial charge < -0.3 is 13.7 Å². The molecule has 53 heavy (non-hydrogen) atoms. The summed E-state index contributed by atoms with van der Waals surface area (Å²) in [7, 11) is 0. The van der Waals surface area contributed by atoms with Crippen molar-refractivity contribution in [2.24, 2.45) is 0 Å². The molecule has 0 aliphatic rings. The van der Waals surface area contributed by atoms with Gasteiger partial charge in [0, 0.05) is 38.5 Å². The molecule has 3 nitrogen and oxygen atoms in total. The molecule has 0 aliphatic carbocycles. The molecule has 0 atom stereocenters. The first-order valence-electron chi connectivity index (χ1n) is 19.7. The number of furan rings is 2. The first-order valence-corrected chi connectivity index (χ1v) is 17.7. The van der Waals surface area contributed by atoms with Crippen LogP contribution in [-0.2, 0) is 0 Å². The number of para-hydroxylation sites is 2. The summed E-state index contributed by atoms with van der Waals surface area (Å²) in [5.74, 6) is 0. The van der Waals surface area contributed by atoms with Crippen molar-refractivity contribution in [1.29, 1.82) is 0 Å². The standard InChI is InChI=1S/C50H31NO2/c1-3-16-38-32(11-1)13-8-19-39(38)35-14-7-15-37(31-35)51(45-22-10-24-47-48(45)44-30-27-33-12-2-4-17-40(33)50(44)53-47)36-28-25-34(26-29-36)41-20-9-21-43-42-18-5-6-23-46(42)52-49(41)43/h1-31H/i25D,26D,28D,29D. The average Bonchev–Trinajstić information content (AvgIpc) is 3.84. The Balaban J connectivity index is 1.20. The highest BCUT2D eigenvalue weighted by molar-refractivity contribution is 6.19. The highest BCUT2D eigenvalue weighted by atomic mass is 16.3. The molecule has 2 heterocycles. The van der Waals surface area contributed by atoms with E-state index in [9.17, 15) is 5.48 Å². The van der Waals surface area contributed by atoms with E-state index < -0.39 is 0 Å². The van der Waals surface area contributed by atoms with Gasteiger partial charge in [-0.25, -0.2) is 0 Å². The normalized spacial score (nSPS) is 12.8. The Labute approximate surface area is 311 Å². The molecule has 248 valence electrons. The lowest BCUT2D eigenvalue weighted by Crippen LogP contribution is -2.10. The minimum absolute atomic E-state index is 0.128. The predicted octanol–water partition coefficient (Wildman–Crippen LogP) is 14.6. The second-order valence-electron chi connectivity index (χ2n) is 13.3. The number of hydrogen-bond donors (Lipinski definition) is 0. The van der Waals surface area contributed by atoms with Crippen LogP contribution in [0.5, 0.6) is 0 Å². The minimum Gasteiger partial charge on any atom is -0.455 e. The van der Waals surface area contributed by atoms with Gasteiger partial charge in [0.05, 0.1) is 16.6 Å². The Hall–Kier alpha value is -7.10. The van der Waals surface area contributed by atoms with Crippen LogP contribution in [0, 0.1) is 0 Å². The van der Waals surface area contributed by atoms with Gasteiger partial charge in [-0.3, -0.25) is 0 Å². The molecule has 0 unspecified atom stereocenters. The van der Waals surface area contributed by atoms with E-state index in [1.54, 1.807) is 0 Å². The van der Waals surface area contributed by atoms with Gasteiger partial charge >= 0.3 is 0 Å². The molecule has 0 aliphatic heterocycles. The van der Waals surface area contributed by atoms with Crippen molar-refractivity contribution >= 4 is 82.5 Å². The number of hydrogen-bond acceptors (Lipinski definition) is 3. The lowest BCUT2D eigenvalue weighted by atomic mass is 9.97. The first-order chi connectivity index (χ1) is 28.0. The minimum atomic E-state index is -0.176. The lowest BCUT2D eigenvalue weighted by molar-refractivity contribution is 0.670. The van der Waals surface area contributed by atoms with Gasteiger partial charge in [0.25, 0.3) is 0 Å². The molecule has 11 aromatic rings. The van der Waals surface area contributed by atoms with Gasteiger partial charge in [0.1, 0.15) is 22.3 Å². The van der Waals surface area contributed by atoms with Crippen LogP contribution in [0.3, 0.4) is 0 Å². The van der Waals surface area contributed by atoms with Crippen LogP contribution in [-0.4, -0.2) is 0 Å². The average molecular weight is 682 g/mol. The van der Waals surface area contributed by atoms with Crippen LogP contribution < -0.4 is 4.90 Å². The van der Waals surface area contributed by atoms with E-state index in [1.807, 2.05) is 102 Å². The van der Waals surface area contributed by atoms with E-state index in [2.05, 4.69) is 66.7 Å². The molecular formula is C50H31NO2. The monoisotopic (exact) mass is 681 g/mol. The molecule has 2 aromatic heterocycles. The maximum absolute atomic E-state index is 9.75. The molecule has 9 aromatic carbocycles. The third-order valence-corrected chi connectivity index (χ3v) is 10.3. The maximum atomic E-state index is 9.75. The molecule has 0 saturated heterocycles. The van der Waals surface area contributed by atoms with Crippen LogP contribution in [0.15, 0.2) is 197 Å². The fraction of sp³-hybridized carbons (Fsp3) is 0. The molecular weight excluding hydrogens is 647 g/mol. The van der Waals surface area contributed by atoms with Crippen molar-refractivity contribution in [3.8, 4) is 22.3 Å². The summed E-state index contributed by atoms with van der Waals surface area (Å²) in [5, 5.41) is 7.73. The Kier molecular flexibility index (Phi) is 5.71. The molecule has 0 saturated carbocycles. The number of fused-ring (bicyclic) bond motifs is 9. The van der Waals surface area contributed by atoms with Crippen LogP contribution in [0.2, 0.25) is 0 Å². The molecule has 0 amide bonds. The SMILES string of the molecule is [2H]c1c([2H])c(N(c2cccc(-c3cccc4ccccc34)c2)c2cccc3oc4c5ccccc5ccc4c23)c([2H])c([2H])c1-c1cccc2c1oc1ccccc12. The number of anilines is 3. The Bertz CT molecular complexity index is 3400. The van der Waals surface area contributed by atoms with E-state index in [1.165, 1.54) is 0 Å². The summed E-state index contributed by atoms with van der Waals surface area (Å²) in [4.78, 5) is 1.87. The first kappa shape index (κ1) is 25.8. The number of rotatable bonds is 5. The summed E-state index contributed by atoms with van der Waals surface area (Å²) in [5.41, 5.74) is 6.77. The Morgan fingerprint density at radius 2 is 1.04 bits per heavy atom. The van der Waals surface area contributed by atoms with Crippen molar-refractivity contribution in [3.63, 3.8) is 0 Å². The number of benzene rings is 9. The Morgan fingerprint density at radius 3 is 1.92 bits per heavy atom. The molecule has 0 bridgehead atoms. The summed E-state index contributed by atoms with van der Waals surface area (Å²) in [6, 6.07) is 53.4. The van der Waals surface area contributed by atoms with E-state index in [-0.39, 0.29) is 35.4 Å². The fourth-order valence-electron chi connectivity index (χ4n) is 7.90. The second kappa shape index (κ2) is 11.7. The van der Waals surface area contributed by atoms with Gasteiger partial charge in [-0.15, -0.1) is 0 Å². The van der Waals surface area contributed by atoms with E-state index >= 15 is 0 Å². The van der Waals surface area contributed by atoms with E-state index in [0.717, 1.165) is 59.8 Å². The third-order valence-electron chi connectivity index (χ3n) is 10.3. The van der Waals surface area contributed by atoms with Crippen molar-refractivity contribution in [2.75, 3.05) is 4.90 Å². The fourth-order valence-corrected chi connectivity index (χ4v) is 7.90. The predicted molar refractivity (Wildman–Crippen MR) is 222 cm³/mol. The lowest BCUT2D eigenvalue weighted by Gasteiger charge is -2.27. The van der Waals surface area contributed by atoms with Gasteiger partial charge in [-0.2, -0.15) is 0 Å². The summed E-state index contributed by atoms with van der Waals surface area (Å²) in [6.45, 7) is 0. The van der Waals surface area contributed by atoms with Crippen molar-refractivity contribution in [2.45, 2.75) is 0 Å². The van der Waals surface area contributed by atoms with Gasteiger partial charge in [0.15, 0.2) is 0 Å². The van der Waals surface area contributed by atoms with Crippen LogP contribution in [0.4, 0.5) is 17.1 Å². The molecule has 0 fully saturated rings. The largest absolute Gasteiger partial charge is 0.455 e. The van der Waals surface area contributed by atoms with Gasteiger partial charge in [0.2, 0.25) is 0 Å². The van der Waals surface area contributed by atoms with Crippen molar-refractivity contribution < 1.29 is 14.3 Å². The smallest absolute Gasteiger partial charge is 0.143 e.